The Bertz CT molecular complexity index is 272. The number of nitrogens with one attached hydrogen (secondary N) is 1. The molecule has 3 heteroatoms. The van der Waals surface area contributed by atoms with Crippen LogP contribution in [0.25, 0.3) is 0 Å². The maximum atomic E-state index is 3.57. The predicted molar refractivity (Wildman–Crippen MR) is 87.3 cm³/mol. The molecule has 118 valence electrons. The molecule has 3 nitrogen and oxygen atoms in total. The molecule has 2 fully saturated rings. The number of fused-ring (bicyclic) bond motifs is 1. The first kappa shape index (κ1) is 16.3. The first-order valence-corrected chi connectivity index (χ1v) is 8.76. The zero-order chi connectivity index (χ0) is 14.4. The maximum Gasteiger partial charge on any atom is 0.0224 e. The Morgan fingerprint density at radius 1 is 1.00 bits per heavy atom. The second-order valence-electron chi connectivity index (χ2n) is 7.72. The second-order valence-corrected chi connectivity index (χ2v) is 7.72. The fourth-order valence-electron chi connectivity index (χ4n) is 3.54. The predicted octanol–water partition coefficient (Wildman–Crippen LogP) is 2.71. The number of piperazine rings is 1. The third-order valence-corrected chi connectivity index (χ3v) is 4.73. The molecule has 0 radical (unpaired) electrons. The van der Waals surface area contributed by atoms with Gasteiger partial charge in [-0.05, 0) is 66.1 Å². The molecule has 0 aromatic carbocycles. The molecule has 1 N–H and O–H groups in total. The van der Waals surface area contributed by atoms with Crippen LogP contribution in [0.2, 0.25) is 0 Å². The van der Waals surface area contributed by atoms with E-state index >= 15 is 0 Å². The Hall–Kier alpha value is -0.120. The summed E-state index contributed by atoms with van der Waals surface area (Å²) in [6, 6.07) is 0.889. The van der Waals surface area contributed by atoms with Gasteiger partial charge < -0.3 is 10.2 Å². The smallest absolute Gasteiger partial charge is 0.0224 e. The van der Waals surface area contributed by atoms with Gasteiger partial charge in [0.1, 0.15) is 0 Å². The summed E-state index contributed by atoms with van der Waals surface area (Å²) < 4.78 is 0. The summed E-state index contributed by atoms with van der Waals surface area (Å²) in [6.45, 7) is 14.6. The molecule has 0 saturated carbocycles. The van der Waals surface area contributed by atoms with Crippen molar-refractivity contribution in [1.29, 1.82) is 0 Å². The summed E-state index contributed by atoms with van der Waals surface area (Å²) in [4.78, 5) is 5.41. The first-order valence-electron chi connectivity index (χ1n) is 8.76. The Labute approximate surface area is 126 Å². The van der Waals surface area contributed by atoms with E-state index in [0.29, 0.717) is 0 Å². The molecular formula is C17H35N3. The summed E-state index contributed by atoms with van der Waals surface area (Å²) >= 11 is 0. The lowest BCUT2D eigenvalue weighted by atomic mass is 10.1. The number of hydrogen-bond donors (Lipinski definition) is 1. The van der Waals surface area contributed by atoms with E-state index in [1.165, 1.54) is 77.8 Å². The quantitative estimate of drug-likeness (QED) is 0.724. The summed E-state index contributed by atoms with van der Waals surface area (Å²) in [7, 11) is 0. The SMILES string of the molecule is CC(C)(C)NCCCCCCN1CCN2CCCC2C1. The highest BCUT2D eigenvalue weighted by Gasteiger charge is 2.29. The van der Waals surface area contributed by atoms with Crippen LogP contribution in [0.3, 0.4) is 0 Å². The van der Waals surface area contributed by atoms with Crippen molar-refractivity contribution < 1.29 is 0 Å². The highest BCUT2D eigenvalue weighted by molar-refractivity contribution is 4.86. The highest BCUT2D eigenvalue weighted by Crippen LogP contribution is 2.21. The van der Waals surface area contributed by atoms with Gasteiger partial charge in [-0.25, -0.2) is 0 Å². The zero-order valence-electron chi connectivity index (χ0n) is 14.0. The van der Waals surface area contributed by atoms with E-state index in [9.17, 15) is 0 Å². The van der Waals surface area contributed by atoms with Gasteiger partial charge in [0, 0.05) is 31.2 Å². The first-order chi connectivity index (χ1) is 9.54. The molecule has 1 atom stereocenters. The zero-order valence-corrected chi connectivity index (χ0v) is 14.0. The molecule has 0 bridgehead atoms. The normalized spacial score (nSPS) is 25.1. The van der Waals surface area contributed by atoms with Crippen molar-refractivity contribution in [2.75, 3.05) is 39.3 Å². The van der Waals surface area contributed by atoms with E-state index in [0.717, 1.165) is 6.04 Å². The lowest BCUT2D eigenvalue weighted by Gasteiger charge is -2.37. The fraction of sp³-hybridized carbons (Fsp3) is 1.00. The minimum Gasteiger partial charge on any atom is -0.312 e. The van der Waals surface area contributed by atoms with Crippen LogP contribution in [0.1, 0.15) is 59.3 Å². The molecule has 0 amide bonds. The van der Waals surface area contributed by atoms with Crippen molar-refractivity contribution in [2.24, 2.45) is 0 Å². The standard InChI is InChI=1S/C17H35N3/c1-17(2,3)18-10-6-4-5-7-11-19-13-14-20-12-8-9-16(20)15-19/h16,18H,4-15H2,1-3H3. The van der Waals surface area contributed by atoms with Crippen molar-refractivity contribution in [3.63, 3.8) is 0 Å². The minimum absolute atomic E-state index is 0.279. The topological polar surface area (TPSA) is 18.5 Å². The summed E-state index contributed by atoms with van der Waals surface area (Å²) in [6.07, 6.45) is 8.37. The molecule has 0 spiro atoms. The van der Waals surface area contributed by atoms with Crippen molar-refractivity contribution in [3.05, 3.63) is 0 Å². The van der Waals surface area contributed by atoms with Crippen molar-refractivity contribution in [2.45, 2.75) is 70.9 Å². The molecule has 0 aromatic heterocycles. The van der Waals surface area contributed by atoms with Gasteiger partial charge in [0.2, 0.25) is 0 Å². The monoisotopic (exact) mass is 281 g/mol. The molecular weight excluding hydrogens is 246 g/mol. The third-order valence-electron chi connectivity index (χ3n) is 4.73. The Balaban J connectivity index is 1.45. The van der Waals surface area contributed by atoms with Crippen LogP contribution in [0.4, 0.5) is 0 Å². The summed E-state index contributed by atoms with van der Waals surface area (Å²) in [5, 5.41) is 3.57. The molecule has 0 aliphatic carbocycles. The third kappa shape index (κ3) is 5.71. The highest BCUT2D eigenvalue weighted by atomic mass is 15.3. The molecule has 0 aromatic rings. The summed E-state index contributed by atoms with van der Waals surface area (Å²) in [5.74, 6) is 0. The minimum atomic E-state index is 0.279. The number of unbranched alkanes of at least 4 members (excludes halogenated alkanes) is 3. The number of rotatable bonds is 7. The van der Waals surface area contributed by atoms with Gasteiger partial charge in [-0.1, -0.05) is 12.8 Å². The largest absolute Gasteiger partial charge is 0.312 e. The van der Waals surface area contributed by atoms with Gasteiger partial charge in [-0.3, -0.25) is 4.90 Å². The molecule has 20 heavy (non-hydrogen) atoms. The average Bonchev–Trinajstić information content (AvgIpc) is 2.83. The fourth-order valence-corrected chi connectivity index (χ4v) is 3.54. The van der Waals surface area contributed by atoms with Crippen LogP contribution < -0.4 is 5.32 Å². The lowest BCUT2D eigenvalue weighted by molar-refractivity contribution is 0.103. The van der Waals surface area contributed by atoms with Crippen molar-refractivity contribution in [3.8, 4) is 0 Å². The molecule has 2 saturated heterocycles. The van der Waals surface area contributed by atoms with E-state index in [4.69, 9.17) is 0 Å². The molecule has 2 aliphatic rings. The van der Waals surface area contributed by atoms with Gasteiger partial charge in [-0.15, -0.1) is 0 Å². The van der Waals surface area contributed by atoms with Crippen LogP contribution in [0.15, 0.2) is 0 Å². The van der Waals surface area contributed by atoms with Crippen molar-refractivity contribution in [1.82, 2.24) is 15.1 Å². The van der Waals surface area contributed by atoms with Gasteiger partial charge in [0.15, 0.2) is 0 Å². The van der Waals surface area contributed by atoms with Crippen LogP contribution in [-0.4, -0.2) is 60.6 Å². The summed E-state index contributed by atoms with van der Waals surface area (Å²) in [5.41, 5.74) is 0.279. The average molecular weight is 281 g/mol. The van der Waals surface area contributed by atoms with Crippen LogP contribution in [0.5, 0.6) is 0 Å². The van der Waals surface area contributed by atoms with Crippen LogP contribution >= 0.6 is 0 Å². The van der Waals surface area contributed by atoms with Crippen LogP contribution in [0, 0.1) is 0 Å². The van der Waals surface area contributed by atoms with Crippen LogP contribution in [-0.2, 0) is 0 Å². The second kappa shape index (κ2) is 7.77. The van der Waals surface area contributed by atoms with E-state index in [1.54, 1.807) is 0 Å². The van der Waals surface area contributed by atoms with E-state index < -0.39 is 0 Å². The van der Waals surface area contributed by atoms with E-state index in [1.807, 2.05) is 0 Å². The molecule has 2 heterocycles. The molecule has 2 aliphatic heterocycles. The van der Waals surface area contributed by atoms with Crippen molar-refractivity contribution >= 4 is 0 Å². The van der Waals surface area contributed by atoms with Gasteiger partial charge in [0.05, 0.1) is 0 Å². The Morgan fingerprint density at radius 3 is 2.60 bits per heavy atom. The van der Waals surface area contributed by atoms with Gasteiger partial charge in [0.25, 0.3) is 0 Å². The van der Waals surface area contributed by atoms with E-state index in [2.05, 4.69) is 35.9 Å². The Morgan fingerprint density at radius 2 is 1.80 bits per heavy atom. The molecule has 2 rings (SSSR count). The van der Waals surface area contributed by atoms with Gasteiger partial charge >= 0.3 is 0 Å². The maximum absolute atomic E-state index is 3.57. The van der Waals surface area contributed by atoms with Gasteiger partial charge in [-0.2, -0.15) is 0 Å². The van der Waals surface area contributed by atoms with E-state index in [-0.39, 0.29) is 5.54 Å². The number of nitrogens with zero attached hydrogens (tertiary/aromatic N) is 2. The Kier molecular flexibility index (Phi) is 6.31. The lowest BCUT2D eigenvalue weighted by Crippen LogP contribution is -2.50. The number of hydrogen-bond acceptors (Lipinski definition) is 3. The molecule has 1 unspecified atom stereocenters.